The van der Waals surface area contributed by atoms with Crippen LogP contribution < -0.4 is 0 Å². The summed E-state index contributed by atoms with van der Waals surface area (Å²) in [6.45, 7) is 0. The molecule has 0 spiro atoms. The van der Waals surface area contributed by atoms with E-state index in [4.69, 9.17) is 0 Å². The van der Waals surface area contributed by atoms with Gasteiger partial charge in [0.15, 0.2) is 0 Å². The summed E-state index contributed by atoms with van der Waals surface area (Å²) in [6, 6.07) is 5.99. The zero-order valence-electron chi connectivity index (χ0n) is 11.4. The second-order valence-corrected chi connectivity index (χ2v) is 7.08. The lowest BCUT2D eigenvalue weighted by molar-refractivity contribution is -0.137. The highest BCUT2D eigenvalue weighted by molar-refractivity contribution is 5.29. The van der Waals surface area contributed by atoms with Gasteiger partial charge in [-0.1, -0.05) is 12.1 Å². The Hall–Kier alpha value is -0.990. The van der Waals surface area contributed by atoms with Crippen LogP contribution in [-0.2, 0) is 6.18 Å². The van der Waals surface area contributed by atoms with Gasteiger partial charge in [-0.15, -0.1) is 0 Å². The lowest BCUT2D eigenvalue weighted by Crippen LogP contribution is -2.43. The fourth-order valence-electron chi connectivity index (χ4n) is 5.36. The Morgan fingerprint density at radius 3 is 1.70 bits per heavy atom. The maximum absolute atomic E-state index is 12.6. The van der Waals surface area contributed by atoms with Crippen molar-refractivity contribution in [2.45, 2.75) is 44.2 Å². The summed E-state index contributed by atoms with van der Waals surface area (Å²) in [5, 5.41) is 0. The molecule has 0 atom stereocenters. The maximum atomic E-state index is 12.6. The number of alkyl halides is 3. The van der Waals surface area contributed by atoms with Gasteiger partial charge < -0.3 is 0 Å². The van der Waals surface area contributed by atoms with E-state index in [1.54, 1.807) is 12.1 Å². The van der Waals surface area contributed by atoms with Crippen LogP contribution >= 0.6 is 0 Å². The van der Waals surface area contributed by atoms with Crippen LogP contribution in [0.1, 0.15) is 49.1 Å². The Morgan fingerprint density at radius 2 is 1.25 bits per heavy atom. The van der Waals surface area contributed by atoms with Crippen LogP contribution in [-0.4, -0.2) is 0 Å². The van der Waals surface area contributed by atoms with Crippen LogP contribution in [0, 0.1) is 23.7 Å². The van der Waals surface area contributed by atoms with E-state index in [9.17, 15) is 13.2 Å². The van der Waals surface area contributed by atoms with Gasteiger partial charge in [0, 0.05) is 0 Å². The van der Waals surface area contributed by atoms with E-state index in [0.29, 0.717) is 5.92 Å². The second-order valence-electron chi connectivity index (χ2n) is 7.08. The standard InChI is InChI=1S/C17H19F3/c18-17(19,20)15-3-1-12(2-4-15)16-13-6-10-5-11(8-13)9-14(16)7-10/h1-4,10-11,13-14,16H,5-9H2. The van der Waals surface area contributed by atoms with Crippen molar-refractivity contribution in [2.24, 2.45) is 23.7 Å². The van der Waals surface area contributed by atoms with Gasteiger partial charge in [0.1, 0.15) is 0 Å². The Morgan fingerprint density at radius 1 is 0.750 bits per heavy atom. The van der Waals surface area contributed by atoms with Crippen molar-refractivity contribution in [1.29, 1.82) is 0 Å². The van der Waals surface area contributed by atoms with E-state index in [-0.39, 0.29) is 0 Å². The Kier molecular flexibility index (Phi) is 2.71. The number of rotatable bonds is 1. The SMILES string of the molecule is FC(F)(F)c1ccc(C2C3CC4CC(C3)CC2C4)cc1. The maximum Gasteiger partial charge on any atom is 0.416 e. The molecule has 4 aliphatic carbocycles. The highest BCUT2D eigenvalue weighted by Crippen LogP contribution is 2.59. The second kappa shape index (κ2) is 4.25. The first-order valence-corrected chi connectivity index (χ1v) is 7.68. The third kappa shape index (κ3) is 1.97. The molecule has 4 saturated carbocycles. The zero-order valence-corrected chi connectivity index (χ0v) is 11.4. The number of hydrogen-bond donors (Lipinski definition) is 0. The first-order valence-electron chi connectivity index (χ1n) is 7.68. The molecule has 0 aromatic heterocycles. The van der Waals surface area contributed by atoms with Crippen LogP contribution in [0.3, 0.4) is 0 Å². The molecule has 5 rings (SSSR count). The average Bonchev–Trinajstić information content (AvgIpc) is 2.37. The fraction of sp³-hybridized carbons (Fsp3) is 0.647. The molecule has 4 bridgehead atoms. The van der Waals surface area contributed by atoms with Crippen molar-refractivity contribution < 1.29 is 13.2 Å². The number of benzene rings is 1. The van der Waals surface area contributed by atoms with Crippen molar-refractivity contribution in [1.82, 2.24) is 0 Å². The third-order valence-corrected chi connectivity index (χ3v) is 5.85. The smallest absolute Gasteiger partial charge is 0.166 e. The van der Waals surface area contributed by atoms with Gasteiger partial charge in [0.25, 0.3) is 0 Å². The van der Waals surface area contributed by atoms with Gasteiger partial charge in [0.2, 0.25) is 0 Å². The van der Waals surface area contributed by atoms with Gasteiger partial charge in [-0.2, -0.15) is 13.2 Å². The number of hydrogen-bond acceptors (Lipinski definition) is 0. The molecule has 4 fully saturated rings. The molecule has 0 radical (unpaired) electrons. The monoisotopic (exact) mass is 280 g/mol. The predicted octanol–water partition coefficient (Wildman–Crippen LogP) is 5.25. The molecule has 0 nitrogen and oxygen atoms in total. The molecular formula is C17H19F3. The van der Waals surface area contributed by atoms with Crippen LogP contribution in [0.25, 0.3) is 0 Å². The van der Waals surface area contributed by atoms with Crippen LogP contribution in [0.15, 0.2) is 24.3 Å². The number of halogens is 3. The van der Waals surface area contributed by atoms with E-state index >= 15 is 0 Å². The van der Waals surface area contributed by atoms with E-state index in [0.717, 1.165) is 29.2 Å². The topological polar surface area (TPSA) is 0 Å². The Labute approximate surface area is 117 Å². The summed E-state index contributed by atoms with van der Waals surface area (Å²) in [5.74, 6) is 3.78. The normalized spacial score (nSPS) is 39.2. The van der Waals surface area contributed by atoms with Crippen LogP contribution in [0.2, 0.25) is 0 Å². The molecule has 20 heavy (non-hydrogen) atoms. The molecule has 0 unspecified atom stereocenters. The van der Waals surface area contributed by atoms with Crippen LogP contribution in [0.5, 0.6) is 0 Å². The van der Waals surface area contributed by atoms with Crippen molar-refractivity contribution in [3.63, 3.8) is 0 Å². The lowest BCUT2D eigenvalue weighted by Gasteiger charge is -2.54. The molecule has 1 aromatic rings. The minimum atomic E-state index is -4.22. The molecule has 0 N–H and O–H groups in total. The fourth-order valence-corrected chi connectivity index (χ4v) is 5.36. The summed E-state index contributed by atoms with van der Waals surface area (Å²) < 4.78 is 37.9. The summed E-state index contributed by atoms with van der Waals surface area (Å²) in [4.78, 5) is 0. The van der Waals surface area contributed by atoms with Gasteiger partial charge in [-0.25, -0.2) is 0 Å². The summed E-state index contributed by atoms with van der Waals surface area (Å²) in [5.41, 5.74) is 0.622. The highest BCUT2D eigenvalue weighted by atomic mass is 19.4. The van der Waals surface area contributed by atoms with Crippen LogP contribution in [0.4, 0.5) is 13.2 Å². The third-order valence-electron chi connectivity index (χ3n) is 5.85. The first kappa shape index (κ1) is 12.7. The average molecular weight is 280 g/mol. The van der Waals surface area contributed by atoms with E-state index < -0.39 is 11.7 Å². The highest BCUT2D eigenvalue weighted by Gasteiger charge is 2.48. The first-order chi connectivity index (χ1) is 9.50. The molecule has 0 amide bonds. The van der Waals surface area contributed by atoms with E-state index in [1.807, 2.05) is 0 Å². The molecule has 1 aromatic carbocycles. The Balaban J connectivity index is 1.61. The summed E-state index contributed by atoms with van der Waals surface area (Å²) in [6.07, 6.45) is 2.41. The molecule has 0 aliphatic heterocycles. The van der Waals surface area contributed by atoms with Gasteiger partial charge in [-0.3, -0.25) is 0 Å². The zero-order chi connectivity index (χ0) is 13.9. The van der Waals surface area contributed by atoms with Gasteiger partial charge >= 0.3 is 6.18 Å². The van der Waals surface area contributed by atoms with Crippen molar-refractivity contribution in [3.8, 4) is 0 Å². The quantitative estimate of drug-likeness (QED) is 0.659. The minimum Gasteiger partial charge on any atom is -0.166 e. The van der Waals surface area contributed by atoms with E-state index in [2.05, 4.69) is 0 Å². The lowest BCUT2D eigenvalue weighted by atomic mass is 9.51. The van der Waals surface area contributed by atoms with Gasteiger partial charge in [0.05, 0.1) is 5.56 Å². The minimum absolute atomic E-state index is 0.519. The summed E-state index contributed by atoms with van der Waals surface area (Å²) >= 11 is 0. The molecule has 3 heteroatoms. The molecule has 0 heterocycles. The molecule has 108 valence electrons. The predicted molar refractivity (Wildman–Crippen MR) is 71.2 cm³/mol. The Bertz CT molecular complexity index is 472. The van der Waals surface area contributed by atoms with Crippen molar-refractivity contribution in [3.05, 3.63) is 35.4 Å². The molecular weight excluding hydrogens is 261 g/mol. The molecule has 4 aliphatic rings. The van der Waals surface area contributed by atoms with E-state index in [1.165, 1.54) is 44.2 Å². The summed E-state index contributed by atoms with van der Waals surface area (Å²) in [7, 11) is 0. The van der Waals surface area contributed by atoms with Gasteiger partial charge in [-0.05, 0) is 79.4 Å². The van der Waals surface area contributed by atoms with Crippen molar-refractivity contribution in [2.75, 3.05) is 0 Å². The van der Waals surface area contributed by atoms with Crippen molar-refractivity contribution >= 4 is 0 Å². The largest absolute Gasteiger partial charge is 0.416 e. The molecule has 0 saturated heterocycles.